The minimum Gasteiger partial charge on any atom is -0.454 e. The third-order valence-corrected chi connectivity index (χ3v) is 4.16. The number of hydrogen-bond donors (Lipinski definition) is 1. The molecule has 1 aliphatic heterocycles. The molecule has 2 aromatic heterocycles. The van der Waals surface area contributed by atoms with Crippen molar-refractivity contribution in [1.82, 2.24) is 9.38 Å². The molecule has 0 saturated carbocycles. The predicted molar refractivity (Wildman–Crippen MR) is 83.6 cm³/mol. The molecule has 0 atom stereocenters. The van der Waals surface area contributed by atoms with Crippen LogP contribution in [0.4, 0.5) is 5.82 Å². The number of aromatic nitrogens is 2. The van der Waals surface area contributed by atoms with Crippen LogP contribution in [-0.4, -0.2) is 16.2 Å². The summed E-state index contributed by atoms with van der Waals surface area (Å²) in [4.78, 5) is 4.63. The van der Waals surface area contributed by atoms with Gasteiger partial charge in [0.25, 0.3) is 0 Å². The van der Waals surface area contributed by atoms with Crippen LogP contribution in [0.25, 0.3) is 16.9 Å². The van der Waals surface area contributed by atoms with Gasteiger partial charge in [-0.05, 0) is 47.1 Å². The van der Waals surface area contributed by atoms with Crippen molar-refractivity contribution in [2.45, 2.75) is 6.92 Å². The minimum absolute atomic E-state index is 0.233. The normalized spacial score (nSPS) is 13.0. The fourth-order valence-electron chi connectivity index (χ4n) is 2.60. The van der Waals surface area contributed by atoms with Gasteiger partial charge in [-0.15, -0.1) is 0 Å². The van der Waals surface area contributed by atoms with Gasteiger partial charge in [-0.25, -0.2) is 4.98 Å². The molecule has 0 fully saturated rings. The summed E-state index contributed by atoms with van der Waals surface area (Å²) in [6, 6.07) is 9.76. The van der Waals surface area contributed by atoms with Crippen LogP contribution in [0.1, 0.15) is 5.69 Å². The molecule has 3 aromatic rings. The molecule has 0 saturated heterocycles. The Morgan fingerprint density at radius 2 is 2.14 bits per heavy atom. The molecule has 0 aliphatic carbocycles. The van der Waals surface area contributed by atoms with E-state index in [0.717, 1.165) is 32.8 Å². The molecular formula is C15H12BrN3O2. The van der Waals surface area contributed by atoms with Crippen LogP contribution in [0, 0.1) is 6.92 Å². The predicted octanol–water partition coefficient (Wildman–Crippen LogP) is 3.38. The molecule has 5 nitrogen and oxygen atoms in total. The van der Waals surface area contributed by atoms with Crippen LogP contribution < -0.4 is 15.2 Å². The van der Waals surface area contributed by atoms with Gasteiger partial charge < -0.3 is 15.2 Å². The van der Waals surface area contributed by atoms with Gasteiger partial charge >= 0.3 is 0 Å². The average Bonchev–Trinajstić information content (AvgIpc) is 3.04. The molecule has 0 bridgehead atoms. The lowest BCUT2D eigenvalue weighted by atomic mass is 10.1. The molecule has 0 unspecified atom stereocenters. The third kappa shape index (κ3) is 1.79. The second-order valence-electron chi connectivity index (χ2n) is 4.90. The maximum atomic E-state index is 6.28. The molecule has 3 heterocycles. The molecule has 21 heavy (non-hydrogen) atoms. The number of ether oxygens (including phenoxy) is 2. The zero-order valence-electron chi connectivity index (χ0n) is 11.3. The second kappa shape index (κ2) is 4.39. The van der Waals surface area contributed by atoms with Gasteiger partial charge in [0.05, 0.1) is 4.47 Å². The van der Waals surface area contributed by atoms with Crippen molar-refractivity contribution in [3.8, 4) is 22.8 Å². The van der Waals surface area contributed by atoms with Crippen LogP contribution in [0.3, 0.4) is 0 Å². The Morgan fingerprint density at radius 1 is 1.29 bits per heavy atom. The van der Waals surface area contributed by atoms with E-state index in [2.05, 4.69) is 20.9 Å². The van der Waals surface area contributed by atoms with Gasteiger partial charge in [-0.1, -0.05) is 6.07 Å². The summed E-state index contributed by atoms with van der Waals surface area (Å²) in [5.74, 6) is 2.04. The first-order chi connectivity index (χ1) is 10.1. The molecule has 1 aromatic carbocycles. The Morgan fingerprint density at radius 3 is 2.95 bits per heavy atom. The molecule has 0 amide bonds. The summed E-state index contributed by atoms with van der Waals surface area (Å²) in [5, 5.41) is 0. The van der Waals surface area contributed by atoms with E-state index in [1.807, 2.05) is 41.7 Å². The maximum Gasteiger partial charge on any atom is 0.231 e. The lowest BCUT2D eigenvalue weighted by molar-refractivity contribution is 0.173. The van der Waals surface area contributed by atoms with Gasteiger partial charge in [0.1, 0.15) is 17.2 Å². The molecule has 1 aliphatic rings. The van der Waals surface area contributed by atoms with Crippen LogP contribution in [0.15, 0.2) is 34.8 Å². The number of nitrogens with zero attached hydrogens (tertiary/aromatic N) is 2. The average molecular weight is 346 g/mol. The fraction of sp³-hybridized carbons (Fsp3) is 0.133. The van der Waals surface area contributed by atoms with Crippen molar-refractivity contribution >= 4 is 27.4 Å². The van der Waals surface area contributed by atoms with E-state index in [1.165, 1.54) is 0 Å². The summed E-state index contributed by atoms with van der Waals surface area (Å²) >= 11 is 3.50. The highest BCUT2D eigenvalue weighted by atomic mass is 79.9. The molecule has 0 radical (unpaired) electrons. The van der Waals surface area contributed by atoms with Crippen LogP contribution in [0.2, 0.25) is 0 Å². The van der Waals surface area contributed by atoms with E-state index in [4.69, 9.17) is 15.2 Å². The lowest BCUT2D eigenvalue weighted by Gasteiger charge is -2.05. The Hall–Kier alpha value is -2.21. The van der Waals surface area contributed by atoms with Crippen LogP contribution >= 0.6 is 15.9 Å². The minimum atomic E-state index is 0.233. The number of hydrogen-bond acceptors (Lipinski definition) is 4. The first-order valence-electron chi connectivity index (χ1n) is 6.48. The SMILES string of the molecule is Cc1cccc2nc(-c3cc(Br)c4c(c3)OCO4)c(N)n12. The van der Waals surface area contributed by atoms with Crippen molar-refractivity contribution in [2.75, 3.05) is 12.5 Å². The highest BCUT2D eigenvalue weighted by molar-refractivity contribution is 9.10. The van der Waals surface area contributed by atoms with E-state index in [-0.39, 0.29) is 6.79 Å². The molecule has 106 valence electrons. The van der Waals surface area contributed by atoms with Crippen molar-refractivity contribution < 1.29 is 9.47 Å². The van der Waals surface area contributed by atoms with Crippen molar-refractivity contribution in [3.63, 3.8) is 0 Å². The Kier molecular flexibility index (Phi) is 2.62. The quantitative estimate of drug-likeness (QED) is 0.734. The fourth-order valence-corrected chi connectivity index (χ4v) is 3.15. The maximum absolute atomic E-state index is 6.28. The zero-order valence-corrected chi connectivity index (χ0v) is 12.8. The van der Waals surface area contributed by atoms with Crippen molar-refractivity contribution in [3.05, 3.63) is 40.5 Å². The second-order valence-corrected chi connectivity index (χ2v) is 5.75. The lowest BCUT2D eigenvalue weighted by Crippen LogP contribution is -1.97. The number of aryl methyl sites for hydroxylation is 1. The number of pyridine rings is 1. The van der Waals surface area contributed by atoms with Crippen LogP contribution in [0.5, 0.6) is 11.5 Å². The molecule has 6 heteroatoms. The van der Waals surface area contributed by atoms with Gasteiger partial charge in [0.15, 0.2) is 11.5 Å². The summed E-state index contributed by atoms with van der Waals surface area (Å²) in [6.45, 7) is 2.24. The summed E-state index contributed by atoms with van der Waals surface area (Å²) in [5.41, 5.74) is 9.79. The summed E-state index contributed by atoms with van der Waals surface area (Å²) in [7, 11) is 0. The smallest absolute Gasteiger partial charge is 0.231 e. The zero-order chi connectivity index (χ0) is 14.6. The number of rotatable bonds is 1. The number of nitrogen functional groups attached to an aromatic ring is 1. The number of fused-ring (bicyclic) bond motifs is 2. The van der Waals surface area contributed by atoms with E-state index in [0.29, 0.717) is 11.6 Å². The first-order valence-corrected chi connectivity index (χ1v) is 7.27. The molecule has 2 N–H and O–H groups in total. The van der Waals surface area contributed by atoms with Gasteiger partial charge in [-0.2, -0.15) is 0 Å². The highest BCUT2D eigenvalue weighted by Gasteiger charge is 2.21. The van der Waals surface area contributed by atoms with Gasteiger partial charge in [0, 0.05) is 11.3 Å². The molecule has 4 rings (SSSR count). The standard InChI is InChI=1S/C15H12BrN3O2/c1-8-3-2-4-12-18-13(15(17)19(8)12)9-5-10(16)14-11(6-9)20-7-21-14/h2-6H,7,17H2,1H3. The molecular weight excluding hydrogens is 334 g/mol. The van der Waals surface area contributed by atoms with Gasteiger partial charge in [-0.3, -0.25) is 4.40 Å². The highest BCUT2D eigenvalue weighted by Crippen LogP contribution is 2.43. The van der Waals surface area contributed by atoms with E-state index in [9.17, 15) is 0 Å². The Bertz CT molecular complexity index is 873. The van der Waals surface area contributed by atoms with Crippen LogP contribution in [-0.2, 0) is 0 Å². The van der Waals surface area contributed by atoms with Crippen molar-refractivity contribution in [2.24, 2.45) is 0 Å². The number of imidazole rings is 1. The summed E-state index contributed by atoms with van der Waals surface area (Å²) < 4.78 is 13.6. The summed E-state index contributed by atoms with van der Waals surface area (Å²) in [6.07, 6.45) is 0. The first kappa shape index (κ1) is 12.5. The number of nitrogens with two attached hydrogens (primary N) is 1. The van der Waals surface area contributed by atoms with E-state index >= 15 is 0 Å². The van der Waals surface area contributed by atoms with Gasteiger partial charge in [0.2, 0.25) is 6.79 Å². The monoisotopic (exact) mass is 345 g/mol. The number of anilines is 1. The largest absolute Gasteiger partial charge is 0.454 e. The van der Waals surface area contributed by atoms with E-state index < -0.39 is 0 Å². The van der Waals surface area contributed by atoms with E-state index in [1.54, 1.807) is 0 Å². The van der Waals surface area contributed by atoms with Crippen molar-refractivity contribution in [1.29, 1.82) is 0 Å². The number of halogens is 1. The molecule has 0 spiro atoms. The third-order valence-electron chi connectivity index (χ3n) is 3.58. The topological polar surface area (TPSA) is 61.8 Å². The number of benzene rings is 1. The Balaban J connectivity index is 1.97. The Labute approximate surface area is 129 Å².